The maximum atomic E-state index is 14.1. The molecule has 0 bridgehead atoms. The fourth-order valence-electron chi connectivity index (χ4n) is 3.91. The highest BCUT2D eigenvalue weighted by Crippen LogP contribution is 2.36. The molecule has 1 N–H and O–H groups in total. The molecule has 150 valence electrons. The summed E-state index contributed by atoms with van der Waals surface area (Å²) in [5, 5.41) is 5.78. The van der Waals surface area contributed by atoms with Crippen LogP contribution in [0.25, 0.3) is 10.8 Å². The molecule has 0 aliphatic heterocycles. The van der Waals surface area contributed by atoms with Crippen LogP contribution in [0.5, 0.6) is 0 Å². The summed E-state index contributed by atoms with van der Waals surface area (Å²) < 4.78 is 38.9. The molecule has 3 aromatic carbocycles. The minimum atomic E-state index is -3.65. The van der Waals surface area contributed by atoms with Crippen LogP contribution in [0.15, 0.2) is 70.7 Å². The molecule has 0 unspecified atom stereocenters. The zero-order valence-electron chi connectivity index (χ0n) is 16.2. The van der Waals surface area contributed by atoms with Gasteiger partial charge in [0.15, 0.2) is 0 Å². The quantitative estimate of drug-likeness (QED) is 0.595. The fourth-order valence-corrected chi connectivity index (χ4v) is 4.76. The van der Waals surface area contributed by atoms with Crippen molar-refractivity contribution in [3.05, 3.63) is 77.6 Å². The Labute approximate surface area is 170 Å². The number of aryl methyl sites for hydroxylation is 1. The Bertz CT molecular complexity index is 1160. The van der Waals surface area contributed by atoms with Gasteiger partial charge in [-0.3, -0.25) is 0 Å². The molecular formula is C23H23FN2O2S. The van der Waals surface area contributed by atoms with Crippen LogP contribution in [0.2, 0.25) is 0 Å². The summed E-state index contributed by atoms with van der Waals surface area (Å²) in [6, 6.07) is 17.7. The van der Waals surface area contributed by atoms with E-state index in [4.69, 9.17) is 0 Å². The van der Waals surface area contributed by atoms with Crippen LogP contribution in [-0.4, -0.2) is 14.1 Å². The van der Waals surface area contributed by atoms with Crippen molar-refractivity contribution in [1.29, 1.82) is 0 Å². The Hall–Kier alpha value is -2.73. The maximum Gasteiger partial charge on any atom is 0.276 e. The van der Waals surface area contributed by atoms with Gasteiger partial charge in [0.25, 0.3) is 10.0 Å². The van der Waals surface area contributed by atoms with Crippen LogP contribution in [-0.2, 0) is 10.0 Å². The van der Waals surface area contributed by atoms with Gasteiger partial charge >= 0.3 is 0 Å². The van der Waals surface area contributed by atoms with Gasteiger partial charge in [0.2, 0.25) is 0 Å². The lowest BCUT2D eigenvalue weighted by Gasteiger charge is -2.24. The second-order valence-electron chi connectivity index (χ2n) is 7.54. The second kappa shape index (κ2) is 7.95. The number of benzene rings is 3. The Morgan fingerprint density at radius 1 is 0.931 bits per heavy atom. The second-order valence-corrected chi connectivity index (χ2v) is 9.20. The van der Waals surface area contributed by atoms with E-state index in [1.807, 2.05) is 37.3 Å². The smallest absolute Gasteiger partial charge is 0.206 e. The van der Waals surface area contributed by atoms with Crippen LogP contribution in [0, 0.1) is 12.7 Å². The maximum absolute atomic E-state index is 14.1. The van der Waals surface area contributed by atoms with Gasteiger partial charge in [-0.15, -0.1) is 0 Å². The van der Waals surface area contributed by atoms with Crippen LogP contribution >= 0.6 is 0 Å². The predicted molar refractivity (Wildman–Crippen MR) is 114 cm³/mol. The number of nitrogens with zero attached hydrogens (tertiary/aromatic N) is 1. The first-order valence-corrected chi connectivity index (χ1v) is 11.2. The van der Waals surface area contributed by atoms with Gasteiger partial charge in [0, 0.05) is 11.1 Å². The largest absolute Gasteiger partial charge is 0.276 e. The molecule has 0 saturated heterocycles. The Balaban J connectivity index is 1.46. The average Bonchev–Trinajstić information content (AvgIpc) is 2.74. The summed E-state index contributed by atoms with van der Waals surface area (Å²) in [5.41, 5.74) is 3.01. The van der Waals surface area contributed by atoms with Crippen LogP contribution in [0.1, 0.15) is 42.7 Å². The van der Waals surface area contributed by atoms with Crippen molar-refractivity contribution in [1.82, 2.24) is 4.83 Å². The molecule has 4 rings (SSSR count). The summed E-state index contributed by atoms with van der Waals surface area (Å²) in [5.74, 6) is 0.112. The van der Waals surface area contributed by atoms with E-state index in [1.54, 1.807) is 24.3 Å². The van der Waals surface area contributed by atoms with E-state index in [0.717, 1.165) is 35.1 Å². The molecule has 0 heterocycles. The number of hydrogen-bond donors (Lipinski definition) is 1. The Morgan fingerprint density at radius 2 is 1.59 bits per heavy atom. The van der Waals surface area contributed by atoms with E-state index < -0.39 is 10.0 Å². The lowest BCUT2D eigenvalue weighted by molar-refractivity contribution is 0.562. The summed E-state index contributed by atoms with van der Waals surface area (Å²) in [4.78, 5) is 2.57. The van der Waals surface area contributed by atoms with E-state index in [1.165, 1.54) is 6.07 Å². The van der Waals surface area contributed by atoms with Gasteiger partial charge in [-0.1, -0.05) is 48.0 Å². The molecule has 29 heavy (non-hydrogen) atoms. The summed E-state index contributed by atoms with van der Waals surface area (Å²) in [6.45, 7) is 1.91. The van der Waals surface area contributed by atoms with Crippen molar-refractivity contribution in [3.63, 3.8) is 0 Å². The third kappa shape index (κ3) is 4.17. The van der Waals surface area contributed by atoms with Crippen molar-refractivity contribution in [2.45, 2.75) is 43.4 Å². The normalized spacial score (nSPS) is 17.3. The third-order valence-corrected chi connectivity index (χ3v) is 6.79. The number of sulfonamides is 1. The van der Waals surface area contributed by atoms with E-state index in [-0.39, 0.29) is 10.7 Å². The van der Waals surface area contributed by atoms with Crippen LogP contribution < -0.4 is 4.83 Å². The number of hydrazone groups is 1. The summed E-state index contributed by atoms with van der Waals surface area (Å²) in [6.07, 6.45) is 3.15. The molecule has 1 fully saturated rings. The van der Waals surface area contributed by atoms with Crippen LogP contribution in [0.4, 0.5) is 4.39 Å². The first kappa shape index (κ1) is 19.6. The first-order chi connectivity index (χ1) is 13.9. The lowest BCUT2D eigenvalue weighted by atomic mass is 9.81. The van der Waals surface area contributed by atoms with E-state index in [0.29, 0.717) is 24.1 Å². The topological polar surface area (TPSA) is 58.5 Å². The number of hydrogen-bond acceptors (Lipinski definition) is 3. The number of fused-ring (bicyclic) bond motifs is 1. The van der Waals surface area contributed by atoms with Gasteiger partial charge in [-0.2, -0.15) is 13.5 Å². The van der Waals surface area contributed by atoms with Crippen molar-refractivity contribution in [2.24, 2.45) is 5.10 Å². The van der Waals surface area contributed by atoms with Crippen molar-refractivity contribution < 1.29 is 12.8 Å². The molecule has 0 amide bonds. The molecule has 1 saturated carbocycles. The number of halogens is 1. The molecular weight excluding hydrogens is 387 g/mol. The highest BCUT2D eigenvalue weighted by Gasteiger charge is 2.22. The van der Waals surface area contributed by atoms with E-state index >= 15 is 0 Å². The van der Waals surface area contributed by atoms with Gasteiger partial charge in [0.05, 0.1) is 4.90 Å². The molecule has 4 nitrogen and oxygen atoms in total. The Kier molecular flexibility index (Phi) is 5.37. The molecule has 1 aliphatic rings. The van der Waals surface area contributed by atoms with Gasteiger partial charge < -0.3 is 0 Å². The molecule has 1 aliphatic carbocycles. The zero-order valence-corrected chi connectivity index (χ0v) is 17.0. The average molecular weight is 411 g/mol. The lowest BCUT2D eigenvalue weighted by Crippen LogP contribution is -2.22. The van der Waals surface area contributed by atoms with Gasteiger partial charge in [0.1, 0.15) is 5.82 Å². The minimum Gasteiger partial charge on any atom is -0.206 e. The van der Waals surface area contributed by atoms with Gasteiger partial charge in [-0.25, -0.2) is 9.22 Å². The molecule has 0 spiro atoms. The van der Waals surface area contributed by atoms with Gasteiger partial charge in [-0.05, 0) is 67.7 Å². The SMILES string of the molecule is Cc1ccc(S(=O)(=O)NN=C2CCC(c3ccc(F)c4ccccc34)CC2)cc1. The first-order valence-electron chi connectivity index (χ1n) is 9.75. The molecule has 0 radical (unpaired) electrons. The van der Waals surface area contributed by atoms with Crippen LogP contribution in [0.3, 0.4) is 0 Å². The van der Waals surface area contributed by atoms with E-state index in [2.05, 4.69) is 9.93 Å². The Morgan fingerprint density at radius 3 is 2.28 bits per heavy atom. The summed E-state index contributed by atoms with van der Waals surface area (Å²) >= 11 is 0. The van der Waals surface area contributed by atoms with Crippen molar-refractivity contribution >= 4 is 26.5 Å². The zero-order chi connectivity index (χ0) is 20.4. The molecule has 0 atom stereocenters. The van der Waals surface area contributed by atoms with Crippen molar-refractivity contribution in [2.75, 3.05) is 0 Å². The highest BCUT2D eigenvalue weighted by atomic mass is 32.2. The highest BCUT2D eigenvalue weighted by molar-refractivity contribution is 7.89. The fraction of sp³-hybridized carbons (Fsp3) is 0.261. The number of nitrogens with one attached hydrogen (secondary N) is 1. The predicted octanol–water partition coefficient (Wildman–Crippen LogP) is 5.28. The molecule has 6 heteroatoms. The van der Waals surface area contributed by atoms with E-state index in [9.17, 15) is 12.8 Å². The molecule has 0 aromatic heterocycles. The molecule has 3 aromatic rings. The standard InChI is InChI=1S/C23H23FN2O2S/c1-16-6-12-19(13-7-16)29(27,28)26-25-18-10-8-17(9-11-18)20-14-15-23(24)22-5-3-2-4-21(20)22/h2-7,12-15,17,26H,8-11H2,1H3. The van der Waals surface area contributed by atoms with Crippen molar-refractivity contribution in [3.8, 4) is 0 Å². The monoisotopic (exact) mass is 410 g/mol. The third-order valence-electron chi connectivity index (χ3n) is 5.56. The number of rotatable bonds is 4. The summed E-state index contributed by atoms with van der Waals surface area (Å²) in [7, 11) is -3.65. The minimum absolute atomic E-state index is 0.201.